The van der Waals surface area contributed by atoms with Crippen molar-refractivity contribution >= 4 is 5.84 Å². The molecule has 1 aromatic heterocycles. The second-order valence-electron chi connectivity index (χ2n) is 3.93. The van der Waals surface area contributed by atoms with Crippen LogP contribution in [0.1, 0.15) is 43.4 Å². The number of oxime groups is 1. The molecule has 1 aliphatic rings. The summed E-state index contributed by atoms with van der Waals surface area (Å²) in [6, 6.07) is 0. The Balaban J connectivity index is 2.37. The molecule has 3 N–H and O–H groups in total. The summed E-state index contributed by atoms with van der Waals surface area (Å²) >= 11 is 0. The van der Waals surface area contributed by atoms with Crippen molar-refractivity contribution in [1.82, 2.24) is 9.78 Å². The van der Waals surface area contributed by atoms with E-state index in [4.69, 9.17) is 10.9 Å². The normalized spacial score (nSPS) is 17.0. The van der Waals surface area contributed by atoms with Gasteiger partial charge in [-0.1, -0.05) is 12.1 Å². The maximum absolute atomic E-state index is 8.68. The van der Waals surface area contributed by atoms with Crippen LogP contribution in [0.3, 0.4) is 0 Å². The van der Waals surface area contributed by atoms with E-state index in [2.05, 4.69) is 17.2 Å². The van der Waals surface area contributed by atoms with Crippen LogP contribution in [0.25, 0.3) is 0 Å². The lowest BCUT2D eigenvalue weighted by atomic mass is 10.1. The Morgan fingerprint density at radius 2 is 2.47 bits per heavy atom. The number of aromatic nitrogens is 2. The van der Waals surface area contributed by atoms with Crippen LogP contribution < -0.4 is 5.73 Å². The van der Waals surface area contributed by atoms with Gasteiger partial charge >= 0.3 is 0 Å². The summed E-state index contributed by atoms with van der Waals surface area (Å²) in [5.74, 6) is 0.716. The largest absolute Gasteiger partial charge is 0.409 e. The van der Waals surface area contributed by atoms with Crippen molar-refractivity contribution < 1.29 is 5.21 Å². The molecule has 1 saturated carbocycles. The highest BCUT2D eigenvalue weighted by Gasteiger charge is 2.31. The molecule has 0 aromatic carbocycles. The molecule has 5 heteroatoms. The molecule has 82 valence electrons. The van der Waals surface area contributed by atoms with Crippen LogP contribution >= 0.6 is 0 Å². The summed E-state index contributed by atoms with van der Waals surface area (Å²) in [4.78, 5) is 0. The minimum atomic E-state index is 0.166. The van der Waals surface area contributed by atoms with E-state index in [0.29, 0.717) is 5.92 Å². The molecular weight excluding hydrogens is 192 g/mol. The SMILES string of the molecule is CCCn1ncc(/C(N)=N\O)c1C1CC1. The first-order chi connectivity index (χ1) is 7.27. The molecule has 1 heterocycles. The Morgan fingerprint density at radius 3 is 3.00 bits per heavy atom. The molecule has 0 unspecified atom stereocenters. The average Bonchev–Trinajstić information content (AvgIpc) is 3.00. The summed E-state index contributed by atoms with van der Waals surface area (Å²) in [5.41, 5.74) is 7.53. The van der Waals surface area contributed by atoms with E-state index in [-0.39, 0.29) is 5.84 Å². The van der Waals surface area contributed by atoms with E-state index in [1.807, 2.05) is 4.68 Å². The van der Waals surface area contributed by atoms with Crippen molar-refractivity contribution in [3.8, 4) is 0 Å². The second kappa shape index (κ2) is 3.92. The van der Waals surface area contributed by atoms with E-state index in [1.165, 1.54) is 12.8 Å². The zero-order valence-corrected chi connectivity index (χ0v) is 8.85. The highest BCUT2D eigenvalue weighted by Crippen LogP contribution is 2.41. The monoisotopic (exact) mass is 208 g/mol. The second-order valence-corrected chi connectivity index (χ2v) is 3.93. The van der Waals surface area contributed by atoms with Crippen LogP contribution in [0, 0.1) is 0 Å². The van der Waals surface area contributed by atoms with Gasteiger partial charge in [-0.15, -0.1) is 0 Å². The zero-order valence-electron chi connectivity index (χ0n) is 8.85. The first-order valence-corrected chi connectivity index (χ1v) is 5.31. The molecule has 0 atom stereocenters. The Bertz CT molecular complexity index is 379. The van der Waals surface area contributed by atoms with E-state index < -0.39 is 0 Å². The summed E-state index contributed by atoms with van der Waals surface area (Å²) < 4.78 is 1.98. The van der Waals surface area contributed by atoms with Crippen LogP contribution in [-0.4, -0.2) is 20.8 Å². The van der Waals surface area contributed by atoms with Gasteiger partial charge in [0.1, 0.15) is 0 Å². The minimum absolute atomic E-state index is 0.166. The van der Waals surface area contributed by atoms with Crippen LogP contribution in [0.4, 0.5) is 0 Å². The molecule has 0 spiro atoms. The minimum Gasteiger partial charge on any atom is -0.409 e. The summed E-state index contributed by atoms with van der Waals surface area (Å²) in [6.07, 6.45) is 5.09. The topological polar surface area (TPSA) is 76.4 Å². The molecule has 2 rings (SSSR count). The maximum atomic E-state index is 8.68. The third-order valence-electron chi connectivity index (χ3n) is 2.66. The molecule has 1 fully saturated rings. The number of hydrogen-bond donors (Lipinski definition) is 2. The lowest BCUT2D eigenvalue weighted by Crippen LogP contribution is -2.15. The summed E-state index contributed by atoms with van der Waals surface area (Å²) in [5, 5.41) is 16.0. The van der Waals surface area contributed by atoms with Crippen molar-refractivity contribution in [2.45, 2.75) is 38.6 Å². The third-order valence-corrected chi connectivity index (χ3v) is 2.66. The number of aryl methyl sites for hydroxylation is 1. The van der Waals surface area contributed by atoms with Gasteiger partial charge in [-0.25, -0.2) is 0 Å². The van der Waals surface area contributed by atoms with E-state index in [1.54, 1.807) is 6.20 Å². The smallest absolute Gasteiger partial charge is 0.173 e. The van der Waals surface area contributed by atoms with Gasteiger partial charge in [0.2, 0.25) is 0 Å². The number of hydrogen-bond acceptors (Lipinski definition) is 3. The van der Waals surface area contributed by atoms with Crippen LogP contribution in [0.15, 0.2) is 11.4 Å². The molecule has 0 amide bonds. The van der Waals surface area contributed by atoms with Gasteiger partial charge in [-0.05, 0) is 19.3 Å². The Morgan fingerprint density at radius 1 is 1.73 bits per heavy atom. The van der Waals surface area contributed by atoms with E-state index in [0.717, 1.165) is 24.2 Å². The van der Waals surface area contributed by atoms with Gasteiger partial charge in [0.15, 0.2) is 5.84 Å². The Kier molecular flexibility index (Phi) is 2.62. The van der Waals surface area contributed by atoms with Crippen LogP contribution in [0.5, 0.6) is 0 Å². The van der Waals surface area contributed by atoms with Crippen molar-refractivity contribution in [2.75, 3.05) is 0 Å². The summed E-state index contributed by atoms with van der Waals surface area (Å²) in [7, 11) is 0. The van der Waals surface area contributed by atoms with Crippen molar-refractivity contribution in [3.05, 3.63) is 17.5 Å². The van der Waals surface area contributed by atoms with Gasteiger partial charge in [0.25, 0.3) is 0 Å². The molecule has 0 radical (unpaired) electrons. The van der Waals surface area contributed by atoms with Gasteiger partial charge in [-0.3, -0.25) is 4.68 Å². The number of amidine groups is 1. The van der Waals surface area contributed by atoms with Gasteiger partial charge < -0.3 is 10.9 Å². The highest BCUT2D eigenvalue weighted by molar-refractivity contribution is 5.98. The van der Waals surface area contributed by atoms with Gasteiger partial charge in [0, 0.05) is 12.5 Å². The van der Waals surface area contributed by atoms with Gasteiger partial charge in [0.05, 0.1) is 17.5 Å². The molecule has 5 nitrogen and oxygen atoms in total. The van der Waals surface area contributed by atoms with Crippen molar-refractivity contribution in [2.24, 2.45) is 10.9 Å². The molecule has 1 aromatic rings. The molecule has 0 aliphatic heterocycles. The maximum Gasteiger partial charge on any atom is 0.173 e. The molecule has 1 aliphatic carbocycles. The first kappa shape index (κ1) is 10.0. The highest BCUT2D eigenvalue weighted by atomic mass is 16.4. The molecule has 0 bridgehead atoms. The van der Waals surface area contributed by atoms with E-state index >= 15 is 0 Å². The molecule has 15 heavy (non-hydrogen) atoms. The number of nitrogens with zero attached hydrogens (tertiary/aromatic N) is 3. The van der Waals surface area contributed by atoms with Crippen molar-refractivity contribution in [3.63, 3.8) is 0 Å². The average molecular weight is 208 g/mol. The fourth-order valence-corrected chi connectivity index (χ4v) is 1.82. The Labute approximate surface area is 88.6 Å². The lowest BCUT2D eigenvalue weighted by Gasteiger charge is -2.06. The molecule has 0 saturated heterocycles. The summed E-state index contributed by atoms with van der Waals surface area (Å²) in [6.45, 7) is 3.01. The fourth-order valence-electron chi connectivity index (χ4n) is 1.82. The van der Waals surface area contributed by atoms with Crippen LogP contribution in [0.2, 0.25) is 0 Å². The Hall–Kier alpha value is -1.52. The predicted octanol–water partition coefficient (Wildman–Crippen LogP) is 1.27. The van der Waals surface area contributed by atoms with Crippen LogP contribution in [-0.2, 0) is 6.54 Å². The quantitative estimate of drug-likeness (QED) is 0.338. The molecular formula is C10H16N4O. The lowest BCUT2D eigenvalue weighted by molar-refractivity contribution is 0.318. The third kappa shape index (κ3) is 1.82. The van der Waals surface area contributed by atoms with Gasteiger partial charge in [-0.2, -0.15) is 5.10 Å². The zero-order chi connectivity index (χ0) is 10.8. The number of rotatable bonds is 4. The standard InChI is InChI=1S/C10H16N4O/c1-2-5-14-9(7-3-4-7)8(6-12-14)10(11)13-15/h6-7,15H,2-5H2,1H3,(H2,11,13). The predicted molar refractivity (Wildman–Crippen MR) is 57.0 cm³/mol. The fraction of sp³-hybridized carbons (Fsp3) is 0.600. The van der Waals surface area contributed by atoms with Crippen molar-refractivity contribution in [1.29, 1.82) is 0 Å². The van der Waals surface area contributed by atoms with E-state index in [9.17, 15) is 0 Å². The first-order valence-electron chi connectivity index (χ1n) is 5.31. The number of nitrogens with two attached hydrogens (primary N) is 1.